The lowest BCUT2D eigenvalue weighted by molar-refractivity contribution is -0.120. The summed E-state index contributed by atoms with van der Waals surface area (Å²) in [5.74, 6) is 0.484. The van der Waals surface area contributed by atoms with Gasteiger partial charge >= 0.3 is 0 Å². The number of fused-ring (bicyclic) bond motifs is 1. The lowest BCUT2D eigenvalue weighted by Crippen LogP contribution is -2.31. The van der Waals surface area contributed by atoms with Gasteiger partial charge in [0.15, 0.2) is 5.16 Å². The molecule has 31 heavy (non-hydrogen) atoms. The maximum Gasteiger partial charge on any atom is 0.266 e. The Morgan fingerprint density at radius 1 is 1.23 bits per heavy atom. The lowest BCUT2D eigenvalue weighted by atomic mass is 10.2. The molecule has 2 heterocycles. The van der Waals surface area contributed by atoms with Gasteiger partial charge in [0.25, 0.3) is 5.56 Å². The Labute approximate surface area is 188 Å². The first-order chi connectivity index (χ1) is 14.9. The standard InChI is InChI=1S/C23H20ClN3O3S/c1-14-5-8-17(9-6-14)27-22(29)19-10-7-16(24)12-20(19)26-23(27)31-15(2)21(28)25-13-18-4-3-11-30-18/h3-12,15H,13H2,1-2H3,(H,25,28)/t15-/m1/s1. The number of halogens is 1. The van der Waals surface area contributed by atoms with Gasteiger partial charge in [-0.2, -0.15) is 0 Å². The van der Waals surface area contributed by atoms with Crippen molar-refractivity contribution < 1.29 is 9.21 Å². The van der Waals surface area contributed by atoms with Crippen LogP contribution < -0.4 is 10.9 Å². The molecule has 0 spiro atoms. The normalized spacial score (nSPS) is 12.1. The zero-order chi connectivity index (χ0) is 22.0. The van der Waals surface area contributed by atoms with Gasteiger partial charge in [0.1, 0.15) is 5.76 Å². The Morgan fingerprint density at radius 3 is 2.71 bits per heavy atom. The first-order valence-electron chi connectivity index (χ1n) is 9.68. The molecule has 0 saturated heterocycles. The summed E-state index contributed by atoms with van der Waals surface area (Å²) in [4.78, 5) is 30.6. The van der Waals surface area contributed by atoms with Crippen LogP contribution in [0.2, 0.25) is 5.02 Å². The monoisotopic (exact) mass is 453 g/mol. The van der Waals surface area contributed by atoms with E-state index in [-0.39, 0.29) is 11.5 Å². The van der Waals surface area contributed by atoms with Gasteiger partial charge in [0.05, 0.1) is 34.6 Å². The number of carbonyl (C=O) groups is 1. The first kappa shape index (κ1) is 21.2. The Hall–Kier alpha value is -3.03. The van der Waals surface area contributed by atoms with E-state index in [2.05, 4.69) is 10.3 Å². The number of hydrogen-bond donors (Lipinski definition) is 1. The van der Waals surface area contributed by atoms with Gasteiger partial charge in [-0.05, 0) is 56.3 Å². The summed E-state index contributed by atoms with van der Waals surface area (Å²) >= 11 is 7.33. The van der Waals surface area contributed by atoms with Crippen LogP contribution in [0.25, 0.3) is 16.6 Å². The topological polar surface area (TPSA) is 77.1 Å². The number of nitrogens with one attached hydrogen (secondary N) is 1. The molecular formula is C23H20ClN3O3S. The molecule has 0 aliphatic heterocycles. The summed E-state index contributed by atoms with van der Waals surface area (Å²) in [6, 6.07) is 16.2. The summed E-state index contributed by atoms with van der Waals surface area (Å²) in [7, 11) is 0. The molecule has 4 aromatic rings. The Balaban J connectivity index is 1.70. The van der Waals surface area contributed by atoms with Crippen LogP contribution in [0, 0.1) is 6.92 Å². The second-order valence-electron chi connectivity index (χ2n) is 7.09. The van der Waals surface area contributed by atoms with E-state index in [1.165, 1.54) is 16.3 Å². The van der Waals surface area contributed by atoms with Crippen LogP contribution in [0.1, 0.15) is 18.2 Å². The molecule has 0 saturated carbocycles. The molecule has 0 fully saturated rings. The summed E-state index contributed by atoms with van der Waals surface area (Å²) in [6.45, 7) is 4.05. The first-order valence-corrected chi connectivity index (χ1v) is 10.9. The van der Waals surface area contributed by atoms with Crippen molar-refractivity contribution in [1.29, 1.82) is 0 Å². The highest BCUT2D eigenvalue weighted by molar-refractivity contribution is 8.00. The van der Waals surface area contributed by atoms with Crippen molar-refractivity contribution in [3.05, 3.63) is 87.6 Å². The predicted molar refractivity (Wildman–Crippen MR) is 123 cm³/mol. The van der Waals surface area contributed by atoms with Crippen molar-refractivity contribution in [2.24, 2.45) is 0 Å². The zero-order valence-electron chi connectivity index (χ0n) is 17.0. The van der Waals surface area contributed by atoms with E-state index in [9.17, 15) is 9.59 Å². The Kier molecular flexibility index (Phi) is 6.15. The molecule has 0 radical (unpaired) electrons. The maximum absolute atomic E-state index is 13.3. The summed E-state index contributed by atoms with van der Waals surface area (Å²) in [5.41, 5.74) is 2.05. The quantitative estimate of drug-likeness (QED) is 0.337. The van der Waals surface area contributed by atoms with Crippen LogP contribution in [-0.4, -0.2) is 20.7 Å². The van der Waals surface area contributed by atoms with Gasteiger partial charge in [-0.1, -0.05) is 41.1 Å². The summed E-state index contributed by atoms with van der Waals surface area (Å²) in [5, 5.41) is 3.73. The summed E-state index contributed by atoms with van der Waals surface area (Å²) in [6.07, 6.45) is 1.56. The number of nitrogens with zero attached hydrogens (tertiary/aromatic N) is 2. The average molecular weight is 454 g/mol. The van der Waals surface area contributed by atoms with E-state index in [0.717, 1.165) is 5.56 Å². The predicted octanol–water partition coefficient (Wildman–Crippen LogP) is 4.74. The van der Waals surface area contributed by atoms with Crippen molar-refractivity contribution in [1.82, 2.24) is 14.9 Å². The minimum atomic E-state index is -0.491. The van der Waals surface area contributed by atoms with Gasteiger partial charge in [0.2, 0.25) is 5.91 Å². The van der Waals surface area contributed by atoms with Gasteiger partial charge in [-0.3, -0.25) is 14.2 Å². The van der Waals surface area contributed by atoms with Crippen LogP contribution in [0.3, 0.4) is 0 Å². The molecule has 1 atom stereocenters. The van der Waals surface area contributed by atoms with Gasteiger partial charge < -0.3 is 9.73 Å². The lowest BCUT2D eigenvalue weighted by Gasteiger charge is -2.16. The van der Waals surface area contributed by atoms with Crippen LogP contribution in [0.4, 0.5) is 0 Å². The number of benzene rings is 2. The van der Waals surface area contributed by atoms with E-state index in [1.807, 2.05) is 31.2 Å². The SMILES string of the molecule is Cc1ccc(-n2c(S[C@H](C)C(=O)NCc3ccco3)nc3cc(Cl)ccc3c2=O)cc1. The number of aromatic nitrogens is 2. The number of amides is 1. The van der Waals surface area contributed by atoms with E-state index < -0.39 is 5.25 Å². The molecule has 6 nitrogen and oxygen atoms in total. The van der Waals surface area contributed by atoms with Crippen molar-refractivity contribution in [3.63, 3.8) is 0 Å². The second kappa shape index (κ2) is 8.99. The molecule has 0 bridgehead atoms. The molecule has 1 N–H and O–H groups in total. The van der Waals surface area contributed by atoms with Crippen LogP contribution >= 0.6 is 23.4 Å². The van der Waals surface area contributed by atoms with Crippen molar-refractivity contribution in [2.75, 3.05) is 0 Å². The zero-order valence-corrected chi connectivity index (χ0v) is 18.5. The molecule has 0 aliphatic carbocycles. The van der Waals surface area contributed by atoms with Crippen molar-refractivity contribution >= 4 is 40.2 Å². The molecule has 4 rings (SSSR count). The number of thioether (sulfide) groups is 1. The van der Waals surface area contributed by atoms with E-state index >= 15 is 0 Å². The highest BCUT2D eigenvalue weighted by Gasteiger charge is 2.20. The Morgan fingerprint density at radius 2 is 2.00 bits per heavy atom. The van der Waals surface area contributed by atoms with Crippen LogP contribution in [-0.2, 0) is 11.3 Å². The fourth-order valence-corrected chi connectivity index (χ4v) is 4.20. The number of furan rings is 1. The second-order valence-corrected chi connectivity index (χ2v) is 8.83. The minimum absolute atomic E-state index is 0.183. The van der Waals surface area contributed by atoms with Crippen molar-refractivity contribution in [2.45, 2.75) is 30.8 Å². The maximum atomic E-state index is 13.3. The third-order valence-corrected chi connectivity index (χ3v) is 6.05. The molecule has 0 aliphatic rings. The average Bonchev–Trinajstić information content (AvgIpc) is 3.26. The highest BCUT2D eigenvalue weighted by Crippen LogP contribution is 2.26. The van der Waals surface area contributed by atoms with E-state index in [1.54, 1.807) is 43.5 Å². The van der Waals surface area contributed by atoms with Crippen LogP contribution in [0.5, 0.6) is 0 Å². The van der Waals surface area contributed by atoms with Gasteiger partial charge in [-0.25, -0.2) is 4.98 Å². The molecule has 0 unspecified atom stereocenters. The molecule has 2 aromatic carbocycles. The van der Waals surface area contributed by atoms with Gasteiger partial charge in [-0.15, -0.1) is 0 Å². The largest absolute Gasteiger partial charge is 0.467 e. The fourth-order valence-electron chi connectivity index (χ4n) is 3.08. The Bertz CT molecular complexity index is 1280. The smallest absolute Gasteiger partial charge is 0.266 e. The molecule has 2 aromatic heterocycles. The van der Waals surface area contributed by atoms with E-state index in [4.69, 9.17) is 16.0 Å². The number of rotatable bonds is 6. The third kappa shape index (κ3) is 4.68. The summed E-state index contributed by atoms with van der Waals surface area (Å²) < 4.78 is 6.79. The van der Waals surface area contributed by atoms with Crippen molar-refractivity contribution in [3.8, 4) is 5.69 Å². The minimum Gasteiger partial charge on any atom is -0.467 e. The van der Waals surface area contributed by atoms with Gasteiger partial charge in [0, 0.05) is 5.02 Å². The number of carbonyl (C=O) groups excluding carboxylic acids is 1. The molecular weight excluding hydrogens is 434 g/mol. The number of hydrogen-bond acceptors (Lipinski definition) is 5. The molecule has 8 heteroatoms. The fraction of sp³-hybridized carbons (Fsp3) is 0.174. The third-order valence-electron chi connectivity index (χ3n) is 4.76. The highest BCUT2D eigenvalue weighted by atomic mass is 35.5. The molecule has 1 amide bonds. The van der Waals surface area contributed by atoms with Crippen LogP contribution in [0.15, 0.2) is 75.2 Å². The number of aryl methyl sites for hydroxylation is 1. The molecule has 158 valence electrons. The van der Waals surface area contributed by atoms with E-state index in [0.29, 0.717) is 39.1 Å².